The Balaban J connectivity index is 2.78. The summed E-state index contributed by atoms with van der Waals surface area (Å²) in [4.78, 5) is 24.9. The molecule has 0 aliphatic heterocycles. The third-order valence-corrected chi connectivity index (χ3v) is 3.09. The zero-order chi connectivity index (χ0) is 15.8. The number of carbonyl (C=O) groups is 2. The van der Waals surface area contributed by atoms with Crippen molar-refractivity contribution < 1.29 is 14.3 Å². The van der Waals surface area contributed by atoms with Gasteiger partial charge in [-0.15, -0.1) is 0 Å². The number of hydrogen-bond acceptors (Lipinski definition) is 4. The van der Waals surface area contributed by atoms with Gasteiger partial charge in [-0.1, -0.05) is 25.1 Å². The molecule has 6 nitrogen and oxygen atoms in total. The number of carbonyl (C=O) groups excluding carboxylic acids is 2. The fourth-order valence-corrected chi connectivity index (χ4v) is 2.07. The molecule has 1 aromatic carbocycles. The van der Waals surface area contributed by atoms with Crippen LogP contribution in [0.3, 0.4) is 0 Å². The summed E-state index contributed by atoms with van der Waals surface area (Å²) in [5.74, 6) is -0.607. The minimum Gasteiger partial charge on any atom is -0.398 e. The summed E-state index contributed by atoms with van der Waals surface area (Å²) in [6.45, 7) is 2.56. The molecule has 0 radical (unpaired) electrons. The fourth-order valence-electron chi connectivity index (χ4n) is 2.07. The summed E-state index contributed by atoms with van der Waals surface area (Å²) in [7, 11) is 1.59. The van der Waals surface area contributed by atoms with Gasteiger partial charge in [0.2, 0.25) is 11.8 Å². The number of amides is 2. The maximum Gasteiger partial charge on any atom is 0.237 e. The molecule has 0 bridgehead atoms. The van der Waals surface area contributed by atoms with Crippen molar-refractivity contribution in [3.63, 3.8) is 0 Å². The van der Waals surface area contributed by atoms with Crippen LogP contribution in [0.15, 0.2) is 24.3 Å². The molecule has 1 unspecified atom stereocenters. The number of primary amides is 1. The van der Waals surface area contributed by atoms with E-state index in [1.165, 1.54) is 4.90 Å². The van der Waals surface area contributed by atoms with Crippen LogP contribution in [0.2, 0.25) is 0 Å². The van der Waals surface area contributed by atoms with E-state index in [9.17, 15) is 9.59 Å². The lowest BCUT2D eigenvalue weighted by atomic mass is 10.1. The van der Waals surface area contributed by atoms with E-state index in [4.69, 9.17) is 16.2 Å². The maximum absolute atomic E-state index is 12.3. The van der Waals surface area contributed by atoms with Crippen LogP contribution in [0.5, 0.6) is 0 Å². The number of para-hydroxylation sites is 1. The summed E-state index contributed by atoms with van der Waals surface area (Å²) in [6.07, 6.45) is 0.299. The van der Waals surface area contributed by atoms with Crippen molar-refractivity contribution in [1.82, 2.24) is 4.90 Å². The molecule has 0 fully saturated rings. The highest BCUT2D eigenvalue weighted by molar-refractivity contribution is 5.84. The van der Waals surface area contributed by atoms with Crippen LogP contribution in [-0.2, 0) is 20.9 Å². The lowest BCUT2D eigenvalue weighted by Crippen LogP contribution is -2.39. The van der Waals surface area contributed by atoms with Gasteiger partial charge < -0.3 is 21.1 Å². The number of nitrogens with zero attached hydrogens (tertiary/aromatic N) is 1. The molecular formula is C15H23N3O3. The highest BCUT2D eigenvalue weighted by Crippen LogP contribution is 2.15. The molecular weight excluding hydrogens is 270 g/mol. The van der Waals surface area contributed by atoms with Gasteiger partial charge in [0.1, 0.15) is 0 Å². The molecule has 1 atom stereocenters. The second kappa shape index (κ2) is 8.26. The molecule has 1 aromatic rings. The fraction of sp³-hybridized carbons (Fsp3) is 0.467. The smallest absolute Gasteiger partial charge is 0.237 e. The van der Waals surface area contributed by atoms with E-state index in [1.54, 1.807) is 13.2 Å². The van der Waals surface area contributed by atoms with Gasteiger partial charge in [-0.25, -0.2) is 0 Å². The number of ether oxygens (including phenoxy) is 1. The predicted octanol–water partition coefficient (Wildman–Crippen LogP) is 0.755. The van der Waals surface area contributed by atoms with Crippen molar-refractivity contribution in [2.45, 2.75) is 19.9 Å². The van der Waals surface area contributed by atoms with Gasteiger partial charge in [-0.05, 0) is 17.5 Å². The van der Waals surface area contributed by atoms with Crippen LogP contribution in [0.1, 0.15) is 18.9 Å². The number of nitrogens with two attached hydrogens (primary N) is 2. The van der Waals surface area contributed by atoms with E-state index in [0.717, 1.165) is 5.56 Å². The number of anilines is 1. The number of rotatable bonds is 8. The lowest BCUT2D eigenvalue weighted by Gasteiger charge is -2.23. The van der Waals surface area contributed by atoms with Gasteiger partial charge >= 0.3 is 0 Å². The second-order valence-corrected chi connectivity index (χ2v) is 5.18. The minimum absolute atomic E-state index is 0.0750. The molecule has 0 spiro atoms. The van der Waals surface area contributed by atoms with Gasteiger partial charge in [0.15, 0.2) is 0 Å². The molecule has 0 aliphatic rings. The highest BCUT2D eigenvalue weighted by Gasteiger charge is 2.19. The first-order valence-electron chi connectivity index (χ1n) is 6.82. The Morgan fingerprint density at radius 1 is 1.33 bits per heavy atom. The summed E-state index contributed by atoms with van der Waals surface area (Å²) < 4.78 is 5.02. The van der Waals surface area contributed by atoms with E-state index in [-0.39, 0.29) is 24.9 Å². The zero-order valence-electron chi connectivity index (χ0n) is 12.5. The Kier molecular flexibility index (Phi) is 6.68. The van der Waals surface area contributed by atoms with E-state index >= 15 is 0 Å². The van der Waals surface area contributed by atoms with Crippen LogP contribution in [0.25, 0.3) is 0 Å². The van der Waals surface area contributed by atoms with Crippen molar-refractivity contribution >= 4 is 17.5 Å². The summed E-state index contributed by atoms with van der Waals surface area (Å²) >= 11 is 0. The number of hydrogen-bond donors (Lipinski definition) is 2. The topological polar surface area (TPSA) is 98.6 Å². The molecule has 1 rings (SSSR count). The van der Waals surface area contributed by atoms with E-state index < -0.39 is 5.91 Å². The predicted molar refractivity (Wildman–Crippen MR) is 81.1 cm³/mol. The van der Waals surface area contributed by atoms with Crippen LogP contribution < -0.4 is 11.5 Å². The van der Waals surface area contributed by atoms with Gasteiger partial charge in [0.25, 0.3) is 0 Å². The third-order valence-electron chi connectivity index (χ3n) is 3.09. The first-order valence-corrected chi connectivity index (χ1v) is 6.82. The molecule has 0 aromatic heterocycles. The molecule has 0 aliphatic carbocycles. The highest BCUT2D eigenvalue weighted by atomic mass is 16.5. The summed E-state index contributed by atoms with van der Waals surface area (Å²) in [6, 6.07) is 7.25. The Morgan fingerprint density at radius 2 is 2.00 bits per heavy atom. The third kappa shape index (κ3) is 5.83. The van der Waals surface area contributed by atoms with E-state index in [1.807, 2.05) is 25.1 Å². The quantitative estimate of drug-likeness (QED) is 0.691. The summed E-state index contributed by atoms with van der Waals surface area (Å²) in [5.41, 5.74) is 12.5. The molecule has 0 heterocycles. The van der Waals surface area contributed by atoms with Crippen molar-refractivity contribution in [2.75, 3.05) is 26.0 Å². The molecule has 4 N–H and O–H groups in total. The first kappa shape index (κ1) is 17.0. The maximum atomic E-state index is 12.3. The van der Waals surface area contributed by atoms with Gasteiger partial charge in [-0.2, -0.15) is 0 Å². The van der Waals surface area contributed by atoms with E-state index in [0.29, 0.717) is 18.7 Å². The van der Waals surface area contributed by atoms with Crippen molar-refractivity contribution in [3.05, 3.63) is 29.8 Å². The van der Waals surface area contributed by atoms with Crippen molar-refractivity contribution in [2.24, 2.45) is 11.7 Å². The van der Waals surface area contributed by atoms with Crippen LogP contribution in [0, 0.1) is 5.92 Å². The number of methoxy groups -OCH3 is 1. The van der Waals surface area contributed by atoms with Gasteiger partial charge in [-0.3, -0.25) is 9.59 Å². The SMILES string of the molecule is COCC(C)CC(=O)N(CC(N)=O)Cc1ccccc1N. The largest absolute Gasteiger partial charge is 0.398 e. The number of benzene rings is 1. The molecule has 0 saturated carbocycles. The normalized spacial score (nSPS) is 11.9. The molecule has 6 heteroatoms. The van der Waals surface area contributed by atoms with Crippen LogP contribution >= 0.6 is 0 Å². The Morgan fingerprint density at radius 3 is 2.57 bits per heavy atom. The summed E-state index contributed by atoms with van der Waals surface area (Å²) in [5, 5.41) is 0. The van der Waals surface area contributed by atoms with E-state index in [2.05, 4.69) is 0 Å². The standard InChI is InChI=1S/C15H23N3O3/c1-11(10-21-2)7-15(20)18(9-14(17)19)8-12-5-3-4-6-13(12)16/h3-6,11H,7-10,16H2,1-2H3,(H2,17,19). The van der Waals surface area contributed by atoms with Gasteiger partial charge in [0.05, 0.1) is 6.54 Å². The number of nitrogen functional groups attached to an aromatic ring is 1. The second-order valence-electron chi connectivity index (χ2n) is 5.18. The van der Waals surface area contributed by atoms with Crippen molar-refractivity contribution in [1.29, 1.82) is 0 Å². The Hall–Kier alpha value is -2.08. The molecule has 116 valence electrons. The minimum atomic E-state index is -0.544. The van der Waals surface area contributed by atoms with Gasteiger partial charge in [0, 0.05) is 32.4 Å². The van der Waals surface area contributed by atoms with Crippen LogP contribution in [-0.4, -0.2) is 37.0 Å². The van der Waals surface area contributed by atoms with Crippen molar-refractivity contribution in [3.8, 4) is 0 Å². The average Bonchev–Trinajstić information content (AvgIpc) is 2.40. The Labute approximate surface area is 125 Å². The lowest BCUT2D eigenvalue weighted by molar-refractivity contribution is -0.136. The molecule has 2 amide bonds. The average molecular weight is 293 g/mol. The zero-order valence-corrected chi connectivity index (χ0v) is 12.5. The Bertz CT molecular complexity index is 491. The van der Waals surface area contributed by atoms with Crippen LogP contribution in [0.4, 0.5) is 5.69 Å². The first-order chi connectivity index (χ1) is 9.93. The monoisotopic (exact) mass is 293 g/mol. The molecule has 21 heavy (non-hydrogen) atoms. The molecule has 0 saturated heterocycles.